The molecule has 1 saturated heterocycles. The largest absolute Gasteiger partial charge is 0.416 e. The summed E-state index contributed by atoms with van der Waals surface area (Å²) >= 11 is 12.0. The number of amides is 2. The molecule has 1 heterocycles. The SMILES string of the molecule is CC1(C)C(=O)N(c2cc(Cl)cc(Cl)c2)C(=O)[C@@]1(C)c1ccc(C(F)(F)F)cc1. The summed E-state index contributed by atoms with van der Waals surface area (Å²) in [5, 5.41) is 0.507. The summed E-state index contributed by atoms with van der Waals surface area (Å²) in [7, 11) is 0. The van der Waals surface area contributed by atoms with Crippen molar-refractivity contribution in [2.45, 2.75) is 32.4 Å². The molecular weight excluding hydrogens is 414 g/mol. The van der Waals surface area contributed by atoms with Gasteiger partial charge in [0.05, 0.1) is 22.1 Å². The molecule has 0 radical (unpaired) electrons. The Balaban J connectivity index is 2.13. The Morgan fingerprint density at radius 2 is 1.36 bits per heavy atom. The zero-order chi connectivity index (χ0) is 21.1. The molecule has 0 bridgehead atoms. The first-order chi connectivity index (χ1) is 12.8. The number of carbonyl (C=O) groups is 2. The van der Waals surface area contributed by atoms with Crippen LogP contribution in [-0.4, -0.2) is 11.8 Å². The Kier molecular flexibility index (Phi) is 4.79. The van der Waals surface area contributed by atoms with Crippen molar-refractivity contribution < 1.29 is 22.8 Å². The number of nitrogens with zero attached hydrogens (tertiary/aromatic N) is 1. The summed E-state index contributed by atoms with van der Waals surface area (Å²) in [4.78, 5) is 27.5. The smallest absolute Gasteiger partial charge is 0.273 e. The Morgan fingerprint density at radius 3 is 1.82 bits per heavy atom. The second-order valence-corrected chi connectivity index (χ2v) is 8.27. The normalized spacial score (nSPS) is 22.1. The van der Waals surface area contributed by atoms with Gasteiger partial charge in [0.25, 0.3) is 0 Å². The number of anilines is 1. The van der Waals surface area contributed by atoms with E-state index in [-0.39, 0.29) is 15.7 Å². The van der Waals surface area contributed by atoms with Crippen molar-refractivity contribution in [2.24, 2.45) is 5.41 Å². The van der Waals surface area contributed by atoms with Crippen LogP contribution < -0.4 is 4.90 Å². The van der Waals surface area contributed by atoms with E-state index >= 15 is 0 Å². The maximum absolute atomic E-state index is 13.4. The third-order valence-electron chi connectivity index (χ3n) is 5.51. The summed E-state index contributed by atoms with van der Waals surface area (Å²) < 4.78 is 38.7. The lowest BCUT2D eigenvalue weighted by atomic mass is 9.64. The first-order valence-electron chi connectivity index (χ1n) is 8.33. The Morgan fingerprint density at radius 1 is 0.857 bits per heavy atom. The molecule has 0 spiro atoms. The van der Waals surface area contributed by atoms with E-state index in [0.29, 0.717) is 5.56 Å². The highest BCUT2D eigenvalue weighted by Gasteiger charge is 2.63. The number of imide groups is 1. The molecular formula is C20H16Cl2F3NO2. The first-order valence-corrected chi connectivity index (χ1v) is 9.08. The minimum atomic E-state index is -4.49. The average Bonchev–Trinajstić information content (AvgIpc) is 2.72. The molecule has 0 aliphatic carbocycles. The Hall–Kier alpha value is -2.05. The van der Waals surface area contributed by atoms with Crippen LogP contribution in [0.2, 0.25) is 10.0 Å². The van der Waals surface area contributed by atoms with Gasteiger partial charge in [-0.1, -0.05) is 35.3 Å². The van der Waals surface area contributed by atoms with Gasteiger partial charge >= 0.3 is 6.18 Å². The fourth-order valence-corrected chi connectivity index (χ4v) is 3.97. The lowest BCUT2D eigenvalue weighted by molar-refractivity contribution is -0.137. The molecule has 0 unspecified atom stereocenters. The van der Waals surface area contributed by atoms with Gasteiger partial charge in [-0.3, -0.25) is 9.59 Å². The highest BCUT2D eigenvalue weighted by Crippen LogP contribution is 2.51. The van der Waals surface area contributed by atoms with Crippen LogP contribution in [0.1, 0.15) is 31.9 Å². The second kappa shape index (κ2) is 6.49. The van der Waals surface area contributed by atoms with E-state index < -0.39 is 34.4 Å². The van der Waals surface area contributed by atoms with Crippen LogP contribution in [0.5, 0.6) is 0 Å². The molecule has 3 rings (SSSR count). The summed E-state index contributed by atoms with van der Waals surface area (Å²) in [6.45, 7) is 4.75. The van der Waals surface area contributed by atoms with Crippen molar-refractivity contribution in [1.29, 1.82) is 0 Å². The number of hydrogen-bond acceptors (Lipinski definition) is 2. The lowest BCUT2D eigenvalue weighted by Gasteiger charge is -2.33. The standard InChI is InChI=1S/C20H16Cl2F3NO2/c1-18(2)16(27)26(15-9-13(21)8-14(22)10-15)17(28)19(18,3)11-4-6-12(7-5-11)20(23,24)25/h4-10H,1-3H3/t19-/m1/s1. The van der Waals surface area contributed by atoms with Gasteiger partial charge in [-0.05, 0) is 56.7 Å². The maximum atomic E-state index is 13.4. The second-order valence-electron chi connectivity index (χ2n) is 7.40. The number of hydrogen-bond donors (Lipinski definition) is 0. The van der Waals surface area contributed by atoms with Crippen LogP contribution in [0.3, 0.4) is 0 Å². The maximum Gasteiger partial charge on any atom is 0.416 e. The van der Waals surface area contributed by atoms with Gasteiger partial charge in [0, 0.05) is 10.0 Å². The molecule has 2 amide bonds. The molecule has 28 heavy (non-hydrogen) atoms. The number of benzene rings is 2. The third-order valence-corrected chi connectivity index (χ3v) is 5.95. The van der Waals surface area contributed by atoms with E-state index in [0.717, 1.165) is 17.0 Å². The van der Waals surface area contributed by atoms with E-state index in [1.165, 1.54) is 30.3 Å². The third kappa shape index (κ3) is 2.99. The van der Waals surface area contributed by atoms with Crippen molar-refractivity contribution in [2.75, 3.05) is 4.90 Å². The highest BCUT2D eigenvalue weighted by molar-refractivity contribution is 6.36. The quantitative estimate of drug-likeness (QED) is 0.559. The van der Waals surface area contributed by atoms with E-state index in [9.17, 15) is 22.8 Å². The van der Waals surface area contributed by atoms with Gasteiger partial charge in [0.1, 0.15) is 0 Å². The van der Waals surface area contributed by atoms with Crippen LogP contribution in [0, 0.1) is 5.41 Å². The van der Waals surface area contributed by atoms with E-state index in [4.69, 9.17) is 23.2 Å². The Bertz CT molecular complexity index is 950. The zero-order valence-electron chi connectivity index (χ0n) is 15.2. The number of halogens is 5. The van der Waals surface area contributed by atoms with Crippen molar-refractivity contribution in [3.8, 4) is 0 Å². The lowest BCUT2D eigenvalue weighted by Crippen LogP contribution is -2.42. The molecule has 1 atom stereocenters. The van der Waals surface area contributed by atoms with E-state index in [1.807, 2.05) is 0 Å². The topological polar surface area (TPSA) is 37.4 Å². The van der Waals surface area contributed by atoms with Gasteiger partial charge in [-0.15, -0.1) is 0 Å². The van der Waals surface area contributed by atoms with Crippen molar-refractivity contribution in [3.63, 3.8) is 0 Å². The van der Waals surface area contributed by atoms with Crippen molar-refractivity contribution in [1.82, 2.24) is 0 Å². The monoisotopic (exact) mass is 429 g/mol. The summed E-state index contributed by atoms with van der Waals surface area (Å²) in [5.41, 5.74) is -2.87. The molecule has 148 valence electrons. The van der Waals surface area contributed by atoms with Crippen molar-refractivity contribution in [3.05, 3.63) is 63.6 Å². The van der Waals surface area contributed by atoms with Crippen LogP contribution in [0.15, 0.2) is 42.5 Å². The van der Waals surface area contributed by atoms with E-state index in [2.05, 4.69) is 0 Å². The summed E-state index contributed by atoms with van der Waals surface area (Å²) in [6.07, 6.45) is -4.49. The van der Waals surface area contributed by atoms with Gasteiger partial charge in [-0.25, -0.2) is 4.90 Å². The predicted octanol–water partition coefficient (Wildman–Crippen LogP) is 5.87. The number of rotatable bonds is 2. The molecule has 1 aliphatic heterocycles. The molecule has 0 aromatic heterocycles. The number of alkyl halides is 3. The van der Waals surface area contributed by atoms with Crippen LogP contribution in [0.4, 0.5) is 18.9 Å². The summed E-state index contributed by atoms with van der Waals surface area (Å²) in [5.74, 6) is -1.04. The van der Waals surface area contributed by atoms with Crippen LogP contribution in [-0.2, 0) is 21.2 Å². The fourth-order valence-electron chi connectivity index (χ4n) is 3.46. The molecule has 8 heteroatoms. The summed E-state index contributed by atoms with van der Waals surface area (Å²) in [6, 6.07) is 8.66. The molecule has 3 nitrogen and oxygen atoms in total. The zero-order valence-corrected chi connectivity index (χ0v) is 16.7. The molecule has 1 aliphatic rings. The van der Waals surface area contributed by atoms with Gasteiger partial charge in [0.15, 0.2) is 0 Å². The molecule has 2 aromatic rings. The minimum Gasteiger partial charge on any atom is -0.273 e. The molecule has 0 saturated carbocycles. The van der Waals surface area contributed by atoms with E-state index in [1.54, 1.807) is 20.8 Å². The number of carbonyl (C=O) groups excluding carboxylic acids is 2. The predicted molar refractivity (Wildman–Crippen MR) is 102 cm³/mol. The first kappa shape index (κ1) is 20.7. The molecule has 2 aromatic carbocycles. The van der Waals surface area contributed by atoms with Crippen molar-refractivity contribution >= 4 is 40.7 Å². The van der Waals surface area contributed by atoms with Gasteiger partial charge < -0.3 is 0 Å². The van der Waals surface area contributed by atoms with Gasteiger partial charge in [-0.2, -0.15) is 13.2 Å². The van der Waals surface area contributed by atoms with Gasteiger partial charge in [0.2, 0.25) is 11.8 Å². The Labute approximate surface area is 170 Å². The fraction of sp³-hybridized carbons (Fsp3) is 0.300. The highest BCUT2D eigenvalue weighted by atomic mass is 35.5. The van der Waals surface area contributed by atoms with Crippen LogP contribution >= 0.6 is 23.2 Å². The van der Waals surface area contributed by atoms with Crippen LogP contribution in [0.25, 0.3) is 0 Å². The molecule has 0 N–H and O–H groups in total. The minimum absolute atomic E-state index is 0.219. The molecule has 1 fully saturated rings. The average molecular weight is 430 g/mol.